The number of aliphatic imine (C=N–C) groups is 1. The quantitative estimate of drug-likeness (QED) is 0.348. The van der Waals surface area contributed by atoms with Crippen LogP contribution in [-0.2, 0) is 4.79 Å². The Bertz CT molecular complexity index is 430. The number of carbonyl (C=O) groups excluding carboxylic acids is 1. The standard InChI is InChI=1S/C19H37N5O.HI/c1-4-21-19(22-10-5-16-6-11-23(3)12-7-16)24-13-8-17(9-14-24)15-18(25)20-2;/h16-17H,4-15H2,1-3H3,(H,20,25)(H,21,22);1H. The second kappa shape index (κ2) is 12.8. The molecule has 26 heavy (non-hydrogen) atoms. The normalized spacial score (nSPS) is 20.6. The van der Waals surface area contributed by atoms with E-state index in [4.69, 9.17) is 4.99 Å². The summed E-state index contributed by atoms with van der Waals surface area (Å²) >= 11 is 0. The van der Waals surface area contributed by atoms with Gasteiger partial charge in [-0.15, -0.1) is 24.0 Å². The zero-order valence-electron chi connectivity index (χ0n) is 16.8. The molecule has 0 aliphatic carbocycles. The molecule has 0 aromatic carbocycles. The fourth-order valence-corrected chi connectivity index (χ4v) is 3.84. The maximum absolute atomic E-state index is 11.5. The third kappa shape index (κ3) is 7.98. The lowest BCUT2D eigenvalue weighted by molar-refractivity contribution is -0.121. The van der Waals surface area contributed by atoms with E-state index in [9.17, 15) is 4.79 Å². The van der Waals surface area contributed by atoms with Crippen LogP contribution in [-0.4, -0.2) is 75.0 Å². The minimum atomic E-state index is 0. The Morgan fingerprint density at radius 3 is 2.27 bits per heavy atom. The van der Waals surface area contributed by atoms with Gasteiger partial charge in [0.2, 0.25) is 5.91 Å². The second-order valence-electron chi connectivity index (χ2n) is 7.58. The van der Waals surface area contributed by atoms with Crippen LogP contribution in [0.5, 0.6) is 0 Å². The monoisotopic (exact) mass is 479 g/mol. The van der Waals surface area contributed by atoms with Gasteiger partial charge >= 0.3 is 0 Å². The van der Waals surface area contributed by atoms with Gasteiger partial charge in [-0.25, -0.2) is 0 Å². The van der Waals surface area contributed by atoms with Crippen LogP contribution in [0.15, 0.2) is 4.99 Å². The van der Waals surface area contributed by atoms with Crippen molar-refractivity contribution in [1.29, 1.82) is 0 Å². The highest BCUT2D eigenvalue weighted by molar-refractivity contribution is 14.0. The smallest absolute Gasteiger partial charge is 0.220 e. The number of piperidine rings is 2. The van der Waals surface area contributed by atoms with Crippen molar-refractivity contribution in [2.45, 2.75) is 45.4 Å². The Morgan fingerprint density at radius 2 is 1.69 bits per heavy atom. The molecule has 0 atom stereocenters. The zero-order chi connectivity index (χ0) is 18.1. The minimum absolute atomic E-state index is 0. The average molecular weight is 479 g/mol. The summed E-state index contributed by atoms with van der Waals surface area (Å²) < 4.78 is 0. The van der Waals surface area contributed by atoms with Gasteiger partial charge in [-0.3, -0.25) is 9.79 Å². The Hall–Kier alpha value is -0.570. The van der Waals surface area contributed by atoms with Crippen LogP contribution in [0.1, 0.15) is 45.4 Å². The maximum Gasteiger partial charge on any atom is 0.220 e. The van der Waals surface area contributed by atoms with Gasteiger partial charge in [0.05, 0.1) is 0 Å². The van der Waals surface area contributed by atoms with E-state index < -0.39 is 0 Å². The lowest BCUT2D eigenvalue weighted by Crippen LogP contribution is -2.46. The number of carbonyl (C=O) groups is 1. The molecule has 0 radical (unpaired) electrons. The fraction of sp³-hybridized carbons (Fsp3) is 0.895. The minimum Gasteiger partial charge on any atom is -0.359 e. The van der Waals surface area contributed by atoms with Gasteiger partial charge in [-0.05, 0) is 71.0 Å². The van der Waals surface area contributed by atoms with Gasteiger partial charge in [0.1, 0.15) is 0 Å². The second-order valence-corrected chi connectivity index (χ2v) is 7.58. The van der Waals surface area contributed by atoms with Crippen LogP contribution in [0.3, 0.4) is 0 Å². The molecule has 7 heteroatoms. The fourth-order valence-electron chi connectivity index (χ4n) is 3.84. The molecule has 2 N–H and O–H groups in total. The van der Waals surface area contributed by atoms with Gasteiger partial charge in [0, 0.05) is 39.6 Å². The molecule has 2 rings (SSSR count). The molecule has 2 heterocycles. The van der Waals surface area contributed by atoms with E-state index in [0.29, 0.717) is 12.3 Å². The highest BCUT2D eigenvalue weighted by Gasteiger charge is 2.23. The van der Waals surface area contributed by atoms with E-state index in [1.54, 1.807) is 7.05 Å². The number of likely N-dealkylation sites (tertiary alicyclic amines) is 2. The molecule has 0 bridgehead atoms. The first kappa shape index (κ1) is 23.5. The van der Waals surface area contributed by atoms with Gasteiger partial charge in [-0.1, -0.05) is 0 Å². The summed E-state index contributed by atoms with van der Waals surface area (Å²) in [5.41, 5.74) is 0. The summed E-state index contributed by atoms with van der Waals surface area (Å²) in [5.74, 6) is 2.57. The SMILES string of the molecule is CCNC(=NCCC1CCN(C)CC1)N1CCC(CC(=O)NC)CC1.I. The molecule has 2 saturated heterocycles. The molecule has 0 unspecified atom stereocenters. The molecular weight excluding hydrogens is 441 g/mol. The predicted octanol–water partition coefficient (Wildman–Crippen LogP) is 2.15. The van der Waals surface area contributed by atoms with Crippen LogP contribution in [0.2, 0.25) is 0 Å². The Kier molecular flexibility index (Phi) is 11.5. The molecule has 1 amide bonds. The summed E-state index contributed by atoms with van der Waals surface area (Å²) in [6, 6.07) is 0. The topological polar surface area (TPSA) is 60.0 Å². The van der Waals surface area contributed by atoms with Crippen molar-refractivity contribution in [1.82, 2.24) is 20.4 Å². The molecule has 0 saturated carbocycles. The van der Waals surface area contributed by atoms with Crippen molar-refractivity contribution in [2.75, 3.05) is 53.4 Å². The van der Waals surface area contributed by atoms with Gasteiger partial charge < -0.3 is 20.4 Å². The number of hydrogen-bond acceptors (Lipinski definition) is 3. The molecular formula is C19H38IN5O. The van der Waals surface area contributed by atoms with Crippen molar-refractivity contribution in [3.8, 4) is 0 Å². The van der Waals surface area contributed by atoms with E-state index in [2.05, 4.69) is 34.4 Å². The molecule has 2 fully saturated rings. The number of rotatable bonds is 6. The van der Waals surface area contributed by atoms with Crippen LogP contribution >= 0.6 is 24.0 Å². The number of guanidine groups is 1. The number of nitrogens with one attached hydrogen (secondary N) is 2. The summed E-state index contributed by atoms with van der Waals surface area (Å²) in [7, 11) is 3.93. The molecule has 0 aromatic heterocycles. The summed E-state index contributed by atoms with van der Waals surface area (Å²) in [5, 5.41) is 6.19. The molecule has 2 aliphatic rings. The Balaban J connectivity index is 0.00000338. The van der Waals surface area contributed by atoms with Crippen LogP contribution < -0.4 is 10.6 Å². The molecule has 0 aromatic rings. The van der Waals surface area contributed by atoms with Gasteiger partial charge in [0.15, 0.2) is 5.96 Å². The van der Waals surface area contributed by atoms with Crippen LogP contribution in [0, 0.1) is 11.8 Å². The molecule has 6 nitrogen and oxygen atoms in total. The summed E-state index contributed by atoms with van der Waals surface area (Å²) in [6.07, 6.45) is 6.64. The predicted molar refractivity (Wildman–Crippen MR) is 119 cm³/mol. The highest BCUT2D eigenvalue weighted by atomic mass is 127. The summed E-state index contributed by atoms with van der Waals surface area (Å²) in [4.78, 5) is 21.2. The van der Waals surface area contributed by atoms with E-state index >= 15 is 0 Å². The first-order chi connectivity index (χ1) is 12.1. The maximum atomic E-state index is 11.5. The van der Waals surface area contributed by atoms with Crippen molar-refractivity contribution in [3.05, 3.63) is 0 Å². The summed E-state index contributed by atoms with van der Waals surface area (Å²) in [6.45, 7) is 8.43. The van der Waals surface area contributed by atoms with Gasteiger partial charge in [-0.2, -0.15) is 0 Å². The van der Waals surface area contributed by atoms with Crippen LogP contribution in [0.4, 0.5) is 0 Å². The van der Waals surface area contributed by atoms with Crippen molar-refractivity contribution < 1.29 is 4.79 Å². The zero-order valence-corrected chi connectivity index (χ0v) is 19.1. The third-order valence-electron chi connectivity index (χ3n) is 5.64. The third-order valence-corrected chi connectivity index (χ3v) is 5.64. The van der Waals surface area contributed by atoms with Crippen molar-refractivity contribution in [3.63, 3.8) is 0 Å². The molecule has 0 spiro atoms. The molecule has 2 aliphatic heterocycles. The highest BCUT2D eigenvalue weighted by Crippen LogP contribution is 2.21. The van der Waals surface area contributed by atoms with Crippen LogP contribution in [0.25, 0.3) is 0 Å². The lowest BCUT2D eigenvalue weighted by Gasteiger charge is -2.34. The van der Waals surface area contributed by atoms with E-state index in [1.165, 1.54) is 32.4 Å². The van der Waals surface area contributed by atoms with Crippen molar-refractivity contribution >= 4 is 35.8 Å². The van der Waals surface area contributed by atoms with E-state index in [0.717, 1.165) is 50.9 Å². The number of amides is 1. The first-order valence-electron chi connectivity index (χ1n) is 10.0. The largest absolute Gasteiger partial charge is 0.359 e. The molecule has 152 valence electrons. The Morgan fingerprint density at radius 1 is 1.08 bits per heavy atom. The average Bonchev–Trinajstić information content (AvgIpc) is 2.63. The number of nitrogens with zero attached hydrogens (tertiary/aromatic N) is 3. The lowest BCUT2D eigenvalue weighted by atomic mass is 9.93. The number of hydrogen-bond donors (Lipinski definition) is 2. The Labute approximate surface area is 176 Å². The number of halogens is 1. The first-order valence-corrected chi connectivity index (χ1v) is 10.0. The van der Waals surface area contributed by atoms with E-state index in [-0.39, 0.29) is 29.9 Å². The van der Waals surface area contributed by atoms with E-state index in [1.807, 2.05) is 0 Å². The van der Waals surface area contributed by atoms with Gasteiger partial charge in [0.25, 0.3) is 0 Å². The van der Waals surface area contributed by atoms with Crippen molar-refractivity contribution in [2.24, 2.45) is 16.8 Å².